The normalized spacial score (nSPS) is 13.5. The Balaban J connectivity index is 1.37. The number of amides is 1. The van der Waals surface area contributed by atoms with Gasteiger partial charge in [0, 0.05) is 29.9 Å². The first-order chi connectivity index (χ1) is 18.4. The molecule has 0 aliphatic carbocycles. The summed E-state index contributed by atoms with van der Waals surface area (Å²) in [6, 6.07) is 26.9. The first-order valence-corrected chi connectivity index (χ1v) is 12.8. The van der Waals surface area contributed by atoms with Crippen molar-refractivity contribution in [2.75, 3.05) is 11.4 Å². The standard InChI is InChI=1S/C32H29FN2O3/c1-21(22-8-3-2-4-9-22)34-31(36)25-14-16-30-24(19-25)10-7-17-35(30)20-26-18-23(13-15-29(26)33)27-11-5-6-12-28(27)32(37)38/h2-6,8-9,11-16,18-19,21H,7,10,17,20H2,1H3,(H,34,36)(H,37,38)/t21-/m0/s1. The van der Waals surface area contributed by atoms with Gasteiger partial charge in [0.1, 0.15) is 5.82 Å². The number of carboxylic acid groups (broad SMARTS) is 1. The summed E-state index contributed by atoms with van der Waals surface area (Å²) in [5.74, 6) is -1.48. The van der Waals surface area contributed by atoms with E-state index in [0.717, 1.165) is 36.2 Å². The van der Waals surface area contributed by atoms with Gasteiger partial charge in [0.25, 0.3) is 5.91 Å². The minimum absolute atomic E-state index is 0.113. The average Bonchev–Trinajstić information content (AvgIpc) is 2.94. The second-order valence-corrected chi connectivity index (χ2v) is 9.63. The lowest BCUT2D eigenvalue weighted by Crippen LogP contribution is -2.30. The Labute approximate surface area is 221 Å². The summed E-state index contributed by atoms with van der Waals surface area (Å²) < 4.78 is 14.9. The smallest absolute Gasteiger partial charge is 0.336 e. The zero-order chi connectivity index (χ0) is 26.6. The number of hydrogen-bond donors (Lipinski definition) is 2. The van der Waals surface area contributed by atoms with Crippen molar-refractivity contribution in [2.24, 2.45) is 0 Å². The van der Waals surface area contributed by atoms with E-state index < -0.39 is 5.97 Å². The predicted octanol–water partition coefficient (Wildman–Crippen LogP) is 6.63. The molecular formula is C32H29FN2O3. The number of carboxylic acids is 1. The minimum atomic E-state index is -1.02. The van der Waals surface area contributed by atoms with Gasteiger partial charge in [-0.25, -0.2) is 9.18 Å². The van der Waals surface area contributed by atoms with Gasteiger partial charge < -0.3 is 15.3 Å². The van der Waals surface area contributed by atoms with Crippen molar-refractivity contribution in [2.45, 2.75) is 32.4 Å². The topological polar surface area (TPSA) is 69.6 Å². The van der Waals surface area contributed by atoms with Crippen molar-refractivity contribution in [1.29, 1.82) is 0 Å². The van der Waals surface area contributed by atoms with Gasteiger partial charge >= 0.3 is 5.97 Å². The summed E-state index contributed by atoms with van der Waals surface area (Å²) in [6.45, 7) is 3.07. The first kappa shape index (κ1) is 25.2. The Morgan fingerprint density at radius 1 is 0.974 bits per heavy atom. The second-order valence-electron chi connectivity index (χ2n) is 9.63. The zero-order valence-corrected chi connectivity index (χ0v) is 21.2. The van der Waals surface area contributed by atoms with Crippen LogP contribution in [-0.4, -0.2) is 23.5 Å². The first-order valence-electron chi connectivity index (χ1n) is 12.8. The van der Waals surface area contributed by atoms with Gasteiger partial charge in [0.05, 0.1) is 11.6 Å². The highest BCUT2D eigenvalue weighted by Gasteiger charge is 2.21. The molecule has 1 aliphatic rings. The average molecular weight is 509 g/mol. The monoisotopic (exact) mass is 508 g/mol. The highest BCUT2D eigenvalue weighted by atomic mass is 19.1. The molecular weight excluding hydrogens is 479 g/mol. The third-order valence-corrected chi connectivity index (χ3v) is 7.08. The van der Waals surface area contributed by atoms with E-state index in [2.05, 4.69) is 10.2 Å². The molecule has 6 heteroatoms. The Morgan fingerprint density at radius 3 is 2.53 bits per heavy atom. The number of carbonyl (C=O) groups is 2. The molecule has 0 saturated heterocycles. The Hall–Kier alpha value is -4.45. The summed E-state index contributed by atoms with van der Waals surface area (Å²) in [6.07, 6.45) is 1.73. The van der Waals surface area contributed by atoms with Crippen molar-refractivity contribution < 1.29 is 19.1 Å². The number of anilines is 1. The molecule has 0 saturated carbocycles. The fraction of sp³-hybridized carbons (Fsp3) is 0.188. The molecule has 0 radical (unpaired) electrons. The van der Waals surface area contributed by atoms with Crippen LogP contribution in [0.4, 0.5) is 10.1 Å². The van der Waals surface area contributed by atoms with E-state index in [0.29, 0.717) is 28.8 Å². The lowest BCUT2D eigenvalue weighted by Gasteiger charge is -2.32. The van der Waals surface area contributed by atoms with Crippen molar-refractivity contribution >= 4 is 17.6 Å². The van der Waals surface area contributed by atoms with Crippen LogP contribution in [-0.2, 0) is 13.0 Å². The molecule has 192 valence electrons. The molecule has 38 heavy (non-hydrogen) atoms. The molecule has 0 aromatic heterocycles. The maximum Gasteiger partial charge on any atom is 0.336 e. The molecule has 4 aromatic carbocycles. The van der Waals surface area contributed by atoms with Crippen LogP contribution in [0.2, 0.25) is 0 Å². The Morgan fingerprint density at radius 2 is 1.74 bits per heavy atom. The lowest BCUT2D eigenvalue weighted by molar-refractivity contribution is 0.0697. The molecule has 5 rings (SSSR count). The Kier molecular flexibility index (Phi) is 7.22. The molecule has 1 amide bonds. The molecule has 1 heterocycles. The maximum absolute atomic E-state index is 14.9. The summed E-state index contributed by atoms with van der Waals surface area (Å²) in [5, 5.41) is 12.6. The molecule has 5 nitrogen and oxygen atoms in total. The molecule has 0 fully saturated rings. The molecule has 0 spiro atoms. The third kappa shape index (κ3) is 5.30. The van der Waals surface area contributed by atoms with E-state index in [1.165, 1.54) is 6.07 Å². The van der Waals surface area contributed by atoms with E-state index >= 15 is 0 Å². The fourth-order valence-corrected chi connectivity index (χ4v) is 5.08. The number of halogens is 1. The summed E-state index contributed by atoms with van der Waals surface area (Å²) in [4.78, 5) is 26.8. The number of aromatic carboxylic acids is 1. The van der Waals surface area contributed by atoms with Gasteiger partial charge in [-0.3, -0.25) is 4.79 Å². The van der Waals surface area contributed by atoms with Crippen molar-refractivity contribution in [1.82, 2.24) is 5.32 Å². The molecule has 1 atom stereocenters. The number of nitrogens with one attached hydrogen (secondary N) is 1. The van der Waals surface area contributed by atoms with E-state index in [9.17, 15) is 19.1 Å². The fourth-order valence-electron chi connectivity index (χ4n) is 5.08. The lowest BCUT2D eigenvalue weighted by atomic mass is 9.96. The van der Waals surface area contributed by atoms with Crippen molar-refractivity contribution in [3.8, 4) is 11.1 Å². The van der Waals surface area contributed by atoms with E-state index in [1.54, 1.807) is 36.4 Å². The van der Waals surface area contributed by atoms with Gasteiger partial charge in [-0.1, -0.05) is 54.6 Å². The number of hydrogen-bond acceptors (Lipinski definition) is 3. The maximum atomic E-state index is 14.9. The molecule has 0 unspecified atom stereocenters. The van der Waals surface area contributed by atoms with Gasteiger partial charge in [-0.05, 0) is 78.4 Å². The highest BCUT2D eigenvalue weighted by Crippen LogP contribution is 2.32. The summed E-state index contributed by atoms with van der Waals surface area (Å²) in [5.41, 5.74) is 5.59. The van der Waals surface area contributed by atoms with Gasteiger partial charge in [0.2, 0.25) is 0 Å². The van der Waals surface area contributed by atoms with Crippen LogP contribution < -0.4 is 10.2 Å². The summed E-state index contributed by atoms with van der Waals surface area (Å²) >= 11 is 0. The van der Waals surface area contributed by atoms with Crippen LogP contribution in [0.5, 0.6) is 0 Å². The van der Waals surface area contributed by atoms with Gasteiger partial charge in [-0.2, -0.15) is 0 Å². The second kappa shape index (κ2) is 10.9. The van der Waals surface area contributed by atoms with Gasteiger partial charge in [-0.15, -0.1) is 0 Å². The zero-order valence-electron chi connectivity index (χ0n) is 21.2. The number of aryl methyl sites for hydroxylation is 1. The van der Waals surface area contributed by atoms with Crippen LogP contribution in [0.1, 0.15) is 56.8 Å². The van der Waals surface area contributed by atoms with Gasteiger partial charge in [0.15, 0.2) is 0 Å². The number of rotatable bonds is 7. The number of nitrogens with zero attached hydrogens (tertiary/aromatic N) is 1. The van der Waals surface area contributed by atoms with Crippen LogP contribution >= 0.6 is 0 Å². The van der Waals surface area contributed by atoms with Crippen LogP contribution in [0.3, 0.4) is 0 Å². The van der Waals surface area contributed by atoms with E-state index in [4.69, 9.17) is 0 Å². The molecule has 1 aliphatic heterocycles. The summed E-state index contributed by atoms with van der Waals surface area (Å²) in [7, 11) is 0. The predicted molar refractivity (Wildman–Crippen MR) is 147 cm³/mol. The van der Waals surface area contributed by atoms with Crippen molar-refractivity contribution in [3.63, 3.8) is 0 Å². The van der Waals surface area contributed by atoms with E-state index in [-0.39, 0.29) is 23.3 Å². The third-order valence-electron chi connectivity index (χ3n) is 7.08. The van der Waals surface area contributed by atoms with E-state index in [1.807, 2.05) is 55.5 Å². The highest BCUT2D eigenvalue weighted by molar-refractivity contribution is 5.96. The van der Waals surface area contributed by atoms with Crippen LogP contribution in [0, 0.1) is 5.82 Å². The van der Waals surface area contributed by atoms with Crippen LogP contribution in [0.15, 0.2) is 91.0 Å². The quantitative estimate of drug-likeness (QED) is 0.294. The number of benzene rings is 4. The molecule has 2 N–H and O–H groups in total. The SMILES string of the molecule is C[C@H](NC(=O)c1ccc2c(c1)CCCN2Cc1cc(-c2ccccc2C(=O)O)ccc1F)c1ccccc1. The molecule has 4 aromatic rings. The number of fused-ring (bicyclic) bond motifs is 1. The van der Waals surface area contributed by atoms with Crippen molar-refractivity contribution in [3.05, 3.63) is 125 Å². The number of carbonyl (C=O) groups excluding carboxylic acids is 1. The largest absolute Gasteiger partial charge is 0.478 e. The van der Waals surface area contributed by atoms with Crippen LogP contribution in [0.25, 0.3) is 11.1 Å². The molecule has 0 bridgehead atoms. The Bertz CT molecular complexity index is 1490. The minimum Gasteiger partial charge on any atom is -0.478 e.